The molecule has 0 aromatic carbocycles. The Hall–Kier alpha value is -1.55. The van der Waals surface area contributed by atoms with Crippen LogP contribution >= 0.6 is 0 Å². The zero-order chi connectivity index (χ0) is 13.7. The van der Waals surface area contributed by atoms with Gasteiger partial charge < -0.3 is 15.7 Å². The minimum atomic E-state index is -4.16. The fraction of sp³-hybridized carbons (Fsp3) is 0.714. The van der Waals surface area contributed by atoms with Gasteiger partial charge in [0.1, 0.15) is 0 Å². The standard InChI is InChI=1S/C7H16N4O5S/c1-4-7(2,5(8)9-13)11-17(14,15)10-6(12)16-3/h11,13H,4H2,1-3H3,(H2,8,9)(H,10,12). The topological polar surface area (TPSA) is 143 Å². The quantitative estimate of drug-likeness (QED) is 0.220. The third kappa shape index (κ3) is 4.44. The molecule has 1 unspecified atom stereocenters. The van der Waals surface area contributed by atoms with E-state index in [0.29, 0.717) is 0 Å². The van der Waals surface area contributed by atoms with Crippen molar-refractivity contribution in [2.24, 2.45) is 10.9 Å². The largest absolute Gasteiger partial charge is 0.452 e. The number of hydrogen-bond acceptors (Lipinski definition) is 6. The maximum Gasteiger partial charge on any atom is 0.421 e. The highest BCUT2D eigenvalue weighted by Crippen LogP contribution is 2.10. The van der Waals surface area contributed by atoms with E-state index in [9.17, 15) is 13.2 Å². The molecule has 0 aliphatic rings. The maximum atomic E-state index is 11.5. The minimum Gasteiger partial charge on any atom is -0.452 e. The van der Waals surface area contributed by atoms with Crippen LogP contribution in [-0.4, -0.2) is 38.2 Å². The Balaban J connectivity index is 4.97. The number of hydrogen-bond donors (Lipinski definition) is 4. The van der Waals surface area contributed by atoms with Crippen molar-refractivity contribution in [2.75, 3.05) is 7.11 Å². The van der Waals surface area contributed by atoms with Crippen LogP contribution in [0.25, 0.3) is 0 Å². The Morgan fingerprint density at radius 2 is 2.12 bits per heavy atom. The van der Waals surface area contributed by atoms with Crippen molar-refractivity contribution in [2.45, 2.75) is 25.8 Å². The second-order valence-corrected chi connectivity index (χ2v) is 4.79. The molecule has 100 valence electrons. The van der Waals surface area contributed by atoms with Crippen LogP contribution in [0.3, 0.4) is 0 Å². The van der Waals surface area contributed by atoms with Crippen LogP contribution in [0.1, 0.15) is 20.3 Å². The summed E-state index contributed by atoms with van der Waals surface area (Å²) in [6.45, 7) is 3.03. The number of amides is 1. The lowest BCUT2D eigenvalue weighted by Crippen LogP contribution is -2.58. The van der Waals surface area contributed by atoms with Crippen LogP contribution in [0, 0.1) is 0 Å². The average Bonchev–Trinajstić information content (AvgIpc) is 2.26. The van der Waals surface area contributed by atoms with E-state index in [1.807, 2.05) is 0 Å². The maximum absolute atomic E-state index is 11.5. The van der Waals surface area contributed by atoms with Gasteiger partial charge in [0.05, 0.1) is 12.6 Å². The lowest BCUT2D eigenvalue weighted by Gasteiger charge is -2.27. The van der Waals surface area contributed by atoms with E-state index in [0.717, 1.165) is 7.11 Å². The van der Waals surface area contributed by atoms with E-state index >= 15 is 0 Å². The van der Waals surface area contributed by atoms with Gasteiger partial charge in [0.25, 0.3) is 0 Å². The molecule has 0 heterocycles. The van der Waals surface area contributed by atoms with Gasteiger partial charge in [-0.3, -0.25) is 0 Å². The van der Waals surface area contributed by atoms with E-state index in [1.54, 1.807) is 11.6 Å². The summed E-state index contributed by atoms with van der Waals surface area (Å²) in [4.78, 5) is 10.8. The number of nitrogens with zero attached hydrogens (tertiary/aromatic N) is 1. The van der Waals surface area contributed by atoms with E-state index in [1.165, 1.54) is 6.92 Å². The molecule has 0 radical (unpaired) electrons. The number of nitrogens with one attached hydrogen (secondary N) is 2. The molecule has 0 saturated carbocycles. The first-order valence-electron chi connectivity index (χ1n) is 4.58. The van der Waals surface area contributed by atoms with E-state index in [4.69, 9.17) is 10.9 Å². The molecule has 0 saturated heterocycles. The summed E-state index contributed by atoms with van der Waals surface area (Å²) >= 11 is 0. The predicted octanol–water partition coefficient (Wildman–Crippen LogP) is -0.908. The second kappa shape index (κ2) is 5.68. The average molecular weight is 268 g/mol. The van der Waals surface area contributed by atoms with Gasteiger partial charge in [-0.15, -0.1) is 0 Å². The Bertz CT molecular complexity index is 406. The van der Waals surface area contributed by atoms with Crippen molar-refractivity contribution < 1.29 is 23.2 Å². The van der Waals surface area contributed by atoms with Crippen LogP contribution in [-0.2, 0) is 14.9 Å². The summed E-state index contributed by atoms with van der Waals surface area (Å²) < 4.78 is 30.8. The number of methoxy groups -OCH3 is 1. The van der Waals surface area contributed by atoms with Crippen molar-refractivity contribution in [3.8, 4) is 0 Å². The molecule has 9 nitrogen and oxygen atoms in total. The summed E-state index contributed by atoms with van der Waals surface area (Å²) in [6, 6.07) is 0. The molecular weight excluding hydrogens is 252 g/mol. The van der Waals surface area contributed by atoms with Gasteiger partial charge >= 0.3 is 16.3 Å². The first-order valence-corrected chi connectivity index (χ1v) is 6.06. The highest BCUT2D eigenvalue weighted by molar-refractivity contribution is 7.88. The number of oxime groups is 1. The Morgan fingerprint density at radius 3 is 2.47 bits per heavy atom. The molecule has 10 heteroatoms. The molecule has 0 fully saturated rings. The van der Waals surface area contributed by atoms with E-state index < -0.39 is 21.8 Å². The molecule has 0 spiro atoms. The Labute approximate surface area is 99.2 Å². The minimum absolute atomic E-state index is 0.213. The predicted molar refractivity (Wildman–Crippen MR) is 59.7 cm³/mol. The van der Waals surface area contributed by atoms with Gasteiger partial charge in [-0.25, -0.2) is 9.52 Å². The third-order valence-corrected chi connectivity index (χ3v) is 3.30. The normalized spacial score (nSPS) is 16.1. The highest BCUT2D eigenvalue weighted by atomic mass is 32.2. The number of ether oxygens (including phenoxy) is 1. The number of rotatable bonds is 5. The van der Waals surface area contributed by atoms with E-state index in [-0.39, 0.29) is 12.3 Å². The van der Waals surface area contributed by atoms with Crippen molar-refractivity contribution in [3.63, 3.8) is 0 Å². The molecular formula is C7H16N4O5S. The van der Waals surface area contributed by atoms with Crippen molar-refractivity contribution in [1.82, 2.24) is 9.44 Å². The summed E-state index contributed by atoms with van der Waals surface area (Å²) in [5.41, 5.74) is 4.05. The molecule has 5 N–H and O–H groups in total. The fourth-order valence-electron chi connectivity index (χ4n) is 0.889. The van der Waals surface area contributed by atoms with Crippen LogP contribution < -0.4 is 15.2 Å². The zero-order valence-electron chi connectivity index (χ0n) is 9.72. The Kier molecular flexibility index (Phi) is 5.16. The molecule has 1 atom stereocenters. The lowest BCUT2D eigenvalue weighted by atomic mass is 10.00. The summed E-state index contributed by atoms with van der Waals surface area (Å²) in [5, 5.41) is 11.3. The molecule has 1 amide bonds. The van der Waals surface area contributed by atoms with Crippen LogP contribution in [0.4, 0.5) is 4.79 Å². The van der Waals surface area contributed by atoms with Crippen LogP contribution in [0.5, 0.6) is 0 Å². The number of carbonyl (C=O) groups excluding carboxylic acids is 1. The molecule has 0 bridgehead atoms. The van der Waals surface area contributed by atoms with Crippen molar-refractivity contribution in [3.05, 3.63) is 0 Å². The van der Waals surface area contributed by atoms with Gasteiger partial charge in [0, 0.05) is 0 Å². The first-order chi connectivity index (χ1) is 7.70. The molecule has 0 aromatic rings. The van der Waals surface area contributed by atoms with Gasteiger partial charge in [0.2, 0.25) is 0 Å². The third-order valence-electron chi connectivity index (χ3n) is 2.14. The number of carbonyl (C=O) groups is 1. The molecule has 0 aliphatic carbocycles. The lowest BCUT2D eigenvalue weighted by molar-refractivity contribution is 0.177. The van der Waals surface area contributed by atoms with Crippen molar-refractivity contribution in [1.29, 1.82) is 0 Å². The van der Waals surface area contributed by atoms with Crippen LogP contribution in [0.15, 0.2) is 5.16 Å². The molecule has 0 rings (SSSR count). The van der Waals surface area contributed by atoms with Gasteiger partial charge in [-0.05, 0) is 13.3 Å². The first kappa shape index (κ1) is 15.4. The Morgan fingerprint density at radius 1 is 1.59 bits per heavy atom. The highest BCUT2D eigenvalue weighted by Gasteiger charge is 2.33. The monoisotopic (exact) mass is 268 g/mol. The zero-order valence-corrected chi connectivity index (χ0v) is 10.5. The second-order valence-electron chi connectivity index (χ2n) is 3.37. The van der Waals surface area contributed by atoms with E-state index in [2.05, 4.69) is 14.6 Å². The fourth-order valence-corrected chi connectivity index (χ4v) is 2.09. The van der Waals surface area contributed by atoms with Crippen molar-refractivity contribution >= 4 is 22.1 Å². The smallest absolute Gasteiger partial charge is 0.421 e. The molecule has 17 heavy (non-hydrogen) atoms. The summed E-state index contributed by atoms with van der Waals surface area (Å²) in [5.74, 6) is -0.324. The molecule has 0 aliphatic heterocycles. The van der Waals surface area contributed by atoms with Crippen LogP contribution in [0.2, 0.25) is 0 Å². The number of amidine groups is 1. The molecule has 0 aromatic heterocycles. The number of nitrogens with two attached hydrogens (primary N) is 1. The SMILES string of the molecule is CCC(C)(NS(=O)(=O)NC(=O)OC)C(N)=NO. The summed E-state index contributed by atoms with van der Waals surface area (Å²) in [7, 11) is -3.14. The van der Waals surface area contributed by atoms with Gasteiger partial charge in [0.15, 0.2) is 5.84 Å². The van der Waals surface area contributed by atoms with Gasteiger partial charge in [-0.2, -0.15) is 13.1 Å². The summed E-state index contributed by atoms with van der Waals surface area (Å²) in [6.07, 6.45) is -0.930. The van der Waals surface area contributed by atoms with Gasteiger partial charge in [-0.1, -0.05) is 12.1 Å².